The van der Waals surface area contributed by atoms with Crippen LogP contribution in [0.5, 0.6) is 0 Å². The fourth-order valence-electron chi connectivity index (χ4n) is 1.68. The molecule has 0 atom stereocenters. The molecule has 0 amide bonds. The molecule has 0 aliphatic heterocycles. The van der Waals surface area contributed by atoms with Gasteiger partial charge in [0.25, 0.3) is 0 Å². The van der Waals surface area contributed by atoms with Gasteiger partial charge in [-0.05, 0) is 6.07 Å². The summed E-state index contributed by atoms with van der Waals surface area (Å²) < 4.78 is 1.18. The molecule has 6 heteroatoms. The average molecular weight is 243 g/mol. The molecule has 84 valence electrons. The summed E-state index contributed by atoms with van der Waals surface area (Å²) >= 11 is 1.64. The van der Waals surface area contributed by atoms with Crippen molar-refractivity contribution in [2.24, 2.45) is 0 Å². The van der Waals surface area contributed by atoms with E-state index in [-0.39, 0.29) is 11.9 Å². The van der Waals surface area contributed by atoms with E-state index in [1.165, 1.54) is 4.70 Å². The first-order chi connectivity index (χ1) is 8.24. The number of fused-ring (bicyclic) bond motifs is 1. The van der Waals surface area contributed by atoms with Crippen LogP contribution in [0.15, 0.2) is 29.6 Å². The van der Waals surface area contributed by atoms with Crippen LogP contribution in [0.3, 0.4) is 0 Å². The van der Waals surface area contributed by atoms with Gasteiger partial charge >= 0.3 is 0 Å². The topological polar surface area (TPSA) is 90.7 Å². The molecule has 0 fully saturated rings. The Labute approximate surface area is 101 Å². The van der Waals surface area contributed by atoms with Crippen molar-refractivity contribution in [2.45, 2.75) is 0 Å². The van der Waals surface area contributed by atoms with Gasteiger partial charge in [-0.25, -0.2) is 0 Å². The first-order valence-corrected chi connectivity index (χ1v) is 5.85. The van der Waals surface area contributed by atoms with Crippen molar-refractivity contribution >= 4 is 33.3 Å². The Morgan fingerprint density at radius 1 is 0.941 bits per heavy atom. The van der Waals surface area contributed by atoms with Crippen molar-refractivity contribution in [1.29, 1.82) is 0 Å². The fourth-order valence-corrected chi connectivity index (χ4v) is 2.62. The zero-order valence-electron chi connectivity index (χ0n) is 8.79. The van der Waals surface area contributed by atoms with Gasteiger partial charge in [-0.15, -0.1) is 11.3 Å². The fraction of sp³-hybridized carbons (Fsp3) is 0. The van der Waals surface area contributed by atoms with Crippen LogP contribution in [0.1, 0.15) is 0 Å². The molecule has 0 aliphatic carbocycles. The van der Waals surface area contributed by atoms with E-state index in [4.69, 9.17) is 11.5 Å². The van der Waals surface area contributed by atoms with Gasteiger partial charge in [0, 0.05) is 21.0 Å². The smallest absolute Gasteiger partial charge is 0.225 e. The van der Waals surface area contributed by atoms with Crippen LogP contribution in [0.4, 0.5) is 11.9 Å². The molecule has 1 aromatic carbocycles. The number of benzene rings is 1. The van der Waals surface area contributed by atoms with E-state index in [2.05, 4.69) is 21.0 Å². The number of aromatic nitrogens is 3. The summed E-state index contributed by atoms with van der Waals surface area (Å²) in [5, 5.41) is 3.10. The molecule has 2 heterocycles. The van der Waals surface area contributed by atoms with Crippen LogP contribution >= 0.6 is 11.3 Å². The lowest BCUT2D eigenvalue weighted by Crippen LogP contribution is -2.03. The Bertz CT molecular complexity index is 671. The zero-order valence-corrected chi connectivity index (χ0v) is 9.61. The lowest BCUT2D eigenvalue weighted by atomic mass is 10.2. The van der Waals surface area contributed by atoms with Crippen LogP contribution in [0.2, 0.25) is 0 Å². The second-order valence-electron chi connectivity index (χ2n) is 3.52. The Kier molecular flexibility index (Phi) is 2.15. The maximum Gasteiger partial charge on any atom is 0.225 e. The number of nitrogens with two attached hydrogens (primary N) is 2. The second-order valence-corrected chi connectivity index (χ2v) is 4.43. The quantitative estimate of drug-likeness (QED) is 0.681. The number of thiophene rings is 1. The molecule has 2 aromatic heterocycles. The van der Waals surface area contributed by atoms with E-state index in [1.54, 1.807) is 11.3 Å². The van der Waals surface area contributed by atoms with Gasteiger partial charge in [0.2, 0.25) is 11.9 Å². The number of hydrogen-bond acceptors (Lipinski definition) is 6. The highest BCUT2D eigenvalue weighted by molar-refractivity contribution is 7.17. The minimum atomic E-state index is 0.141. The van der Waals surface area contributed by atoms with E-state index < -0.39 is 0 Å². The summed E-state index contributed by atoms with van der Waals surface area (Å²) in [6, 6.07) is 8.06. The van der Waals surface area contributed by atoms with Gasteiger partial charge < -0.3 is 11.5 Å². The van der Waals surface area contributed by atoms with Crippen molar-refractivity contribution in [3.8, 4) is 11.4 Å². The first kappa shape index (κ1) is 9.98. The largest absolute Gasteiger partial charge is 0.368 e. The minimum Gasteiger partial charge on any atom is -0.368 e. The number of anilines is 2. The predicted octanol–water partition coefficient (Wildman–Crippen LogP) is 1.92. The third kappa shape index (κ3) is 1.68. The molecule has 0 saturated carbocycles. The minimum absolute atomic E-state index is 0.141. The molecule has 3 rings (SSSR count). The van der Waals surface area contributed by atoms with E-state index in [1.807, 2.05) is 23.6 Å². The summed E-state index contributed by atoms with van der Waals surface area (Å²) in [6.07, 6.45) is 0. The average Bonchev–Trinajstić information content (AvgIpc) is 2.71. The highest BCUT2D eigenvalue weighted by Crippen LogP contribution is 2.32. The molecule has 4 N–H and O–H groups in total. The van der Waals surface area contributed by atoms with E-state index in [9.17, 15) is 0 Å². The molecule has 0 unspecified atom stereocenters. The zero-order chi connectivity index (χ0) is 11.8. The van der Waals surface area contributed by atoms with Crippen molar-refractivity contribution in [2.75, 3.05) is 11.5 Å². The maximum absolute atomic E-state index is 5.57. The lowest BCUT2D eigenvalue weighted by Gasteiger charge is -2.00. The molecular formula is C11H9N5S. The van der Waals surface area contributed by atoms with Crippen LogP contribution in [-0.2, 0) is 0 Å². The van der Waals surface area contributed by atoms with Gasteiger partial charge in [-0.3, -0.25) is 0 Å². The number of rotatable bonds is 1. The number of hydrogen-bond donors (Lipinski definition) is 2. The molecule has 0 bridgehead atoms. The van der Waals surface area contributed by atoms with E-state index >= 15 is 0 Å². The highest BCUT2D eigenvalue weighted by atomic mass is 32.1. The van der Waals surface area contributed by atoms with Gasteiger partial charge in [-0.1, -0.05) is 18.2 Å². The molecule has 3 aromatic rings. The van der Waals surface area contributed by atoms with Crippen molar-refractivity contribution < 1.29 is 0 Å². The summed E-state index contributed by atoms with van der Waals surface area (Å²) in [4.78, 5) is 12.0. The maximum atomic E-state index is 5.57. The summed E-state index contributed by atoms with van der Waals surface area (Å²) in [7, 11) is 0. The van der Waals surface area contributed by atoms with Gasteiger partial charge in [-0.2, -0.15) is 15.0 Å². The van der Waals surface area contributed by atoms with Crippen LogP contribution in [0.25, 0.3) is 21.5 Å². The molecular weight excluding hydrogens is 234 g/mol. The summed E-state index contributed by atoms with van der Waals surface area (Å²) in [5.74, 6) is 0.804. The lowest BCUT2D eigenvalue weighted by molar-refractivity contribution is 1.09. The number of nitrogens with zero attached hydrogens (tertiary/aromatic N) is 3. The Balaban J connectivity index is 2.27. The Hall–Kier alpha value is -2.21. The van der Waals surface area contributed by atoms with Gasteiger partial charge in [0.15, 0.2) is 5.82 Å². The van der Waals surface area contributed by atoms with Crippen LogP contribution < -0.4 is 11.5 Å². The van der Waals surface area contributed by atoms with Gasteiger partial charge in [0.1, 0.15) is 0 Å². The van der Waals surface area contributed by atoms with Crippen molar-refractivity contribution in [3.05, 3.63) is 29.6 Å². The molecule has 0 radical (unpaired) electrons. The Morgan fingerprint density at radius 2 is 1.65 bits per heavy atom. The van der Waals surface area contributed by atoms with Crippen LogP contribution in [0, 0.1) is 0 Å². The summed E-state index contributed by atoms with van der Waals surface area (Å²) in [5.41, 5.74) is 12.1. The van der Waals surface area contributed by atoms with Gasteiger partial charge in [0.05, 0.1) is 0 Å². The number of nitrogen functional groups attached to an aromatic ring is 2. The highest BCUT2D eigenvalue weighted by Gasteiger charge is 2.10. The first-order valence-electron chi connectivity index (χ1n) is 4.97. The molecule has 5 nitrogen and oxygen atoms in total. The molecule has 0 saturated heterocycles. The standard InChI is InChI=1S/C11H9N5S/c12-10-14-9(15-11(13)16-10)7-5-17-8-4-2-1-3-6(7)8/h1-5H,(H4,12,13,14,15,16). The predicted molar refractivity (Wildman–Crippen MR) is 69.5 cm³/mol. The SMILES string of the molecule is Nc1nc(N)nc(-c2csc3ccccc23)n1. The van der Waals surface area contributed by atoms with Crippen molar-refractivity contribution in [3.63, 3.8) is 0 Å². The third-order valence-corrected chi connectivity index (χ3v) is 3.36. The third-order valence-electron chi connectivity index (χ3n) is 2.39. The molecule has 17 heavy (non-hydrogen) atoms. The summed E-state index contributed by atoms with van der Waals surface area (Å²) in [6.45, 7) is 0. The second kappa shape index (κ2) is 3.67. The van der Waals surface area contributed by atoms with E-state index in [0.717, 1.165) is 10.9 Å². The Morgan fingerprint density at radius 3 is 2.41 bits per heavy atom. The van der Waals surface area contributed by atoms with E-state index in [0.29, 0.717) is 5.82 Å². The van der Waals surface area contributed by atoms with Crippen molar-refractivity contribution in [1.82, 2.24) is 15.0 Å². The molecule has 0 aliphatic rings. The monoisotopic (exact) mass is 243 g/mol. The molecule has 0 spiro atoms. The van der Waals surface area contributed by atoms with Crippen LogP contribution in [-0.4, -0.2) is 15.0 Å². The normalized spacial score (nSPS) is 10.8.